The first-order valence-corrected chi connectivity index (χ1v) is 7.57. The molecule has 5 nitrogen and oxygen atoms in total. The molecule has 0 amide bonds. The van der Waals surface area contributed by atoms with Crippen LogP contribution in [0, 0.1) is 0 Å². The topological polar surface area (TPSA) is 48.3 Å². The van der Waals surface area contributed by atoms with Gasteiger partial charge in [0.2, 0.25) is 6.79 Å². The lowest BCUT2D eigenvalue weighted by Gasteiger charge is -2.26. The van der Waals surface area contributed by atoms with Crippen molar-refractivity contribution in [3.8, 4) is 11.5 Å². The van der Waals surface area contributed by atoms with Crippen molar-refractivity contribution in [1.82, 2.24) is 9.78 Å². The van der Waals surface area contributed by atoms with Crippen LogP contribution in [0.4, 0.5) is 5.82 Å². The molecule has 1 aromatic carbocycles. The van der Waals surface area contributed by atoms with Crippen LogP contribution < -0.4 is 14.8 Å². The van der Waals surface area contributed by atoms with Crippen molar-refractivity contribution in [2.24, 2.45) is 0 Å². The second-order valence-corrected chi connectivity index (χ2v) is 5.56. The van der Waals surface area contributed by atoms with E-state index in [4.69, 9.17) is 14.6 Å². The van der Waals surface area contributed by atoms with Crippen LogP contribution in [0.3, 0.4) is 0 Å². The number of hydrogen-bond acceptors (Lipinski definition) is 4. The van der Waals surface area contributed by atoms with Crippen molar-refractivity contribution in [2.75, 3.05) is 18.7 Å². The maximum absolute atomic E-state index is 5.49. The molecule has 21 heavy (non-hydrogen) atoms. The van der Waals surface area contributed by atoms with E-state index in [1.165, 1.54) is 5.56 Å². The van der Waals surface area contributed by atoms with Crippen LogP contribution in [-0.2, 0) is 6.42 Å². The highest BCUT2D eigenvalue weighted by molar-refractivity contribution is 5.47. The summed E-state index contributed by atoms with van der Waals surface area (Å²) in [5, 5.41) is 8.21. The fraction of sp³-hybridized carbons (Fsp3) is 0.438. The highest BCUT2D eigenvalue weighted by Gasteiger charge is 2.25. The van der Waals surface area contributed by atoms with Gasteiger partial charge in [-0.3, -0.25) is 0 Å². The van der Waals surface area contributed by atoms with E-state index >= 15 is 0 Å². The van der Waals surface area contributed by atoms with Crippen molar-refractivity contribution >= 4 is 5.82 Å². The fourth-order valence-corrected chi connectivity index (χ4v) is 3.08. The van der Waals surface area contributed by atoms with Crippen LogP contribution in [-0.4, -0.2) is 23.1 Å². The van der Waals surface area contributed by atoms with Gasteiger partial charge in [-0.2, -0.15) is 5.10 Å². The minimum Gasteiger partial charge on any atom is -0.454 e. The Hall–Kier alpha value is -2.17. The molecule has 0 spiro atoms. The summed E-state index contributed by atoms with van der Waals surface area (Å²) in [6, 6.07) is 8.64. The first-order valence-electron chi connectivity index (χ1n) is 7.57. The van der Waals surface area contributed by atoms with E-state index in [2.05, 4.69) is 35.1 Å². The van der Waals surface area contributed by atoms with E-state index in [-0.39, 0.29) is 6.04 Å². The van der Waals surface area contributed by atoms with Gasteiger partial charge in [-0.05, 0) is 30.5 Å². The zero-order chi connectivity index (χ0) is 14.2. The maximum atomic E-state index is 5.49. The minimum absolute atomic E-state index is 0.265. The van der Waals surface area contributed by atoms with Gasteiger partial charge in [0.15, 0.2) is 11.5 Å². The summed E-state index contributed by atoms with van der Waals surface area (Å²) in [4.78, 5) is 0. The zero-order valence-corrected chi connectivity index (χ0v) is 12.1. The summed E-state index contributed by atoms with van der Waals surface area (Å²) < 4.78 is 13.0. The predicted molar refractivity (Wildman–Crippen MR) is 80.0 cm³/mol. The molecule has 4 rings (SSSR count). The zero-order valence-electron chi connectivity index (χ0n) is 12.1. The van der Waals surface area contributed by atoms with Crippen LogP contribution in [0.5, 0.6) is 11.5 Å². The normalized spacial score (nSPS) is 19.2. The molecule has 2 aliphatic heterocycles. The number of anilines is 1. The minimum atomic E-state index is 0.265. The smallest absolute Gasteiger partial charge is 0.231 e. The summed E-state index contributed by atoms with van der Waals surface area (Å²) in [5.41, 5.74) is 2.39. The number of nitrogens with one attached hydrogen (secondary N) is 1. The largest absolute Gasteiger partial charge is 0.454 e. The molecule has 0 bridgehead atoms. The first kappa shape index (κ1) is 12.6. The van der Waals surface area contributed by atoms with Gasteiger partial charge >= 0.3 is 0 Å². The van der Waals surface area contributed by atoms with Crippen molar-refractivity contribution in [1.29, 1.82) is 0 Å². The monoisotopic (exact) mass is 285 g/mol. The lowest BCUT2D eigenvalue weighted by molar-refractivity contribution is 0.174. The summed E-state index contributed by atoms with van der Waals surface area (Å²) in [6.45, 7) is 3.47. The molecule has 0 fully saturated rings. The standard InChI is InChI=1S/C16H19N3O2/c1-2-3-12-9-16-17-7-6-13(19(16)18-12)11-4-5-14-15(8-11)21-10-20-14/h4-5,8-9,13,17H,2-3,6-7,10H2,1H3. The summed E-state index contributed by atoms with van der Waals surface area (Å²) >= 11 is 0. The van der Waals surface area contributed by atoms with Crippen LogP contribution in [0.15, 0.2) is 24.3 Å². The quantitative estimate of drug-likeness (QED) is 0.942. The van der Waals surface area contributed by atoms with Crippen molar-refractivity contribution in [3.63, 3.8) is 0 Å². The number of hydrogen-bond donors (Lipinski definition) is 1. The van der Waals surface area contributed by atoms with Gasteiger partial charge < -0.3 is 14.8 Å². The Balaban J connectivity index is 1.70. The maximum Gasteiger partial charge on any atom is 0.231 e. The van der Waals surface area contributed by atoms with Gasteiger partial charge in [-0.1, -0.05) is 19.4 Å². The third-order valence-corrected chi connectivity index (χ3v) is 4.09. The molecule has 0 saturated heterocycles. The molecular weight excluding hydrogens is 266 g/mol. The van der Waals surface area contributed by atoms with Crippen LogP contribution in [0.2, 0.25) is 0 Å². The lowest BCUT2D eigenvalue weighted by Crippen LogP contribution is -2.24. The molecule has 1 unspecified atom stereocenters. The highest BCUT2D eigenvalue weighted by atomic mass is 16.7. The molecule has 3 heterocycles. The average Bonchev–Trinajstić information content (AvgIpc) is 3.12. The molecule has 5 heteroatoms. The Bertz CT molecular complexity index is 666. The second kappa shape index (κ2) is 4.98. The summed E-state index contributed by atoms with van der Waals surface area (Å²) in [6.07, 6.45) is 3.17. The lowest BCUT2D eigenvalue weighted by atomic mass is 10.0. The molecule has 1 N–H and O–H groups in total. The van der Waals surface area contributed by atoms with Crippen LogP contribution >= 0.6 is 0 Å². The molecule has 0 saturated carbocycles. The molecule has 110 valence electrons. The van der Waals surface area contributed by atoms with E-state index < -0.39 is 0 Å². The molecule has 2 aromatic rings. The van der Waals surface area contributed by atoms with Gasteiger partial charge in [0.05, 0.1) is 11.7 Å². The molecule has 0 radical (unpaired) electrons. The Labute approximate surface area is 123 Å². The van der Waals surface area contributed by atoms with E-state index in [9.17, 15) is 0 Å². The number of benzene rings is 1. The SMILES string of the molecule is CCCc1cc2n(n1)C(c1ccc3c(c1)OCO3)CCN2. The summed E-state index contributed by atoms with van der Waals surface area (Å²) in [5.74, 6) is 2.79. The Morgan fingerprint density at radius 1 is 1.29 bits per heavy atom. The second-order valence-electron chi connectivity index (χ2n) is 5.56. The van der Waals surface area contributed by atoms with Crippen LogP contribution in [0.25, 0.3) is 0 Å². The number of fused-ring (bicyclic) bond motifs is 2. The van der Waals surface area contributed by atoms with Crippen molar-refractivity contribution in [2.45, 2.75) is 32.2 Å². The number of aryl methyl sites for hydroxylation is 1. The predicted octanol–water partition coefficient (Wildman–Crippen LogP) is 2.97. The van der Waals surface area contributed by atoms with Crippen LogP contribution in [0.1, 0.15) is 37.1 Å². The third-order valence-electron chi connectivity index (χ3n) is 4.09. The van der Waals surface area contributed by atoms with E-state index in [0.29, 0.717) is 6.79 Å². The number of aromatic nitrogens is 2. The van der Waals surface area contributed by atoms with E-state index in [1.54, 1.807) is 0 Å². The molecule has 2 aliphatic rings. The first-order chi connectivity index (χ1) is 10.3. The molecular formula is C16H19N3O2. The van der Waals surface area contributed by atoms with E-state index in [1.807, 2.05) is 6.07 Å². The number of nitrogens with zero attached hydrogens (tertiary/aromatic N) is 2. The van der Waals surface area contributed by atoms with Crippen molar-refractivity contribution < 1.29 is 9.47 Å². The number of ether oxygens (including phenoxy) is 2. The summed E-state index contributed by atoms with van der Waals surface area (Å²) in [7, 11) is 0. The Morgan fingerprint density at radius 3 is 3.10 bits per heavy atom. The van der Waals surface area contributed by atoms with Gasteiger partial charge in [0.25, 0.3) is 0 Å². The van der Waals surface area contributed by atoms with Crippen molar-refractivity contribution in [3.05, 3.63) is 35.5 Å². The van der Waals surface area contributed by atoms with Gasteiger partial charge in [0, 0.05) is 12.6 Å². The molecule has 1 aromatic heterocycles. The average molecular weight is 285 g/mol. The Morgan fingerprint density at radius 2 is 2.19 bits per heavy atom. The highest BCUT2D eigenvalue weighted by Crippen LogP contribution is 2.37. The Kier molecular flexibility index (Phi) is 2.98. The number of rotatable bonds is 3. The molecule has 1 atom stereocenters. The fourth-order valence-electron chi connectivity index (χ4n) is 3.08. The van der Waals surface area contributed by atoms with Gasteiger partial charge in [0.1, 0.15) is 5.82 Å². The molecule has 0 aliphatic carbocycles. The van der Waals surface area contributed by atoms with E-state index in [0.717, 1.165) is 48.8 Å². The van der Waals surface area contributed by atoms with Gasteiger partial charge in [-0.25, -0.2) is 4.68 Å². The van der Waals surface area contributed by atoms with Gasteiger partial charge in [-0.15, -0.1) is 0 Å². The third kappa shape index (κ3) is 2.13.